The normalized spacial score (nSPS) is 13.9. The molecule has 0 spiro atoms. The van der Waals surface area contributed by atoms with E-state index >= 15 is 0 Å². The number of imidazole rings is 1. The average Bonchev–Trinajstić information content (AvgIpc) is 3.51. The molecule has 0 bridgehead atoms. The molecular formula is C27H33N5OS. The quantitative estimate of drug-likeness (QED) is 0.302. The third-order valence-corrected chi connectivity index (χ3v) is 7.63. The summed E-state index contributed by atoms with van der Waals surface area (Å²) >= 11 is 1.62. The Morgan fingerprint density at radius 1 is 1.15 bits per heavy atom. The van der Waals surface area contributed by atoms with Gasteiger partial charge in [-0.3, -0.25) is 9.20 Å². The Morgan fingerprint density at radius 2 is 1.94 bits per heavy atom. The van der Waals surface area contributed by atoms with Crippen molar-refractivity contribution < 1.29 is 4.79 Å². The van der Waals surface area contributed by atoms with E-state index in [-0.39, 0.29) is 5.91 Å². The van der Waals surface area contributed by atoms with Crippen LogP contribution in [0.4, 0.5) is 0 Å². The Kier molecular flexibility index (Phi) is 6.94. The highest BCUT2D eigenvalue weighted by Crippen LogP contribution is 2.30. The lowest BCUT2D eigenvalue weighted by Gasteiger charge is -2.17. The number of carbonyl (C=O) groups is 1. The Morgan fingerprint density at radius 3 is 2.68 bits per heavy atom. The van der Waals surface area contributed by atoms with E-state index in [4.69, 9.17) is 4.98 Å². The fourth-order valence-electron chi connectivity index (χ4n) is 4.27. The minimum absolute atomic E-state index is 0.00978. The van der Waals surface area contributed by atoms with Gasteiger partial charge in [0.25, 0.3) is 5.91 Å². The first kappa shape index (κ1) is 23.0. The lowest BCUT2D eigenvalue weighted by molar-refractivity contribution is 0.0952. The third kappa shape index (κ3) is 5.17. The number of hydrogen-bond acceptors (Lipinski definition) is 5. The Bertz CT molecular complexity index is 1270. The molecule has 1 aliphatic rings. The molecule has 1 amide bonds. The van der Waals surface area contributed by atoms with Gasteiger partial charge in [0.05, 0.1) is 15.9 Å². The van der Waals surface area contributed by atoms with E-state index < -0.39 is 0 Å². The summed E-state index contributed by atoms with van der Waals surface area (Å²) in [6.07, 6.45) is 5.67. The van der Waals surface area contributed by atoms with Crippen LogP contribution >= 0.6 is 11.3 Å². The number of nitrogens with one attached hydrogen (secondary N) is 2. The summed E-state index contributed by atoms with van der Waals surface area (Å²) in [5.41, 5.74) is 5.20. The van der Waals surface area contributed by atoms with Crippen molar-refractivity contribution in [3.05, 3.63) is 59.8 Å². The third-order valence-electron chi connectivity index (χ3n) is 6.61. The van der Waals surface area contributed by atoms with Crippen molar-refractivity contribution in [1.82, 2.24) is 24.9 Å². The van der Waals surface area contributed by atoms with Crippen molar-refractivity contribution >= 4 is 32.4 Å². The molecule has 0 atom stereocenters. The van der Waals surface area contributed by atoms with Gasteiger partial charge in [-0.15, -0.1) is 0 Å². The van der Waals surface area contributed by atoms with Gasteiger partial charge < -0.3 is 15.5 Å². The van der Waals surface area contributed by atoms with Crippen molar-refractivity contribution in [3.8, 4) is 11.3 Å². The molecule has 0 aliphatic heterocycles. The van der Waals surface area contributed by atoms with Gasteiger partial charge in [0.1, 0.15) is 0 Å². The molecule has 2 aromatic heterocycles. The number of rotatable bonds is 11. The first-order chi connectivity index (χ1) is 16.6. The van der Waals surface area contributed by atoms with E-state index in [0.717, 1.165) is 65.1 Å². The summed E-state index contributed by atoms with van der Waals surface area (Å²) in [6, 6.07) is 15.3. The molecule has 2 N–H and O–H groups in total. The molecule has 5 rings (SSSR count). The number of amides is 1. The molecule has 0 saturated heterocycles. The number of hydrogen-bond donors (Lipinski definition) is 2. The van der Waals surface area contributed by atoms with Crippen LogP contribution in [0.3, 0.4) is 0 Å². The Hall–Kier alpha value is -2.74. The predicted octanol–water partition coefficient (Wildman–Crippen LogP) is 4.93. The summed E-state index contributed by atoms with van der Waals surface area (Å²) in [7, 11) is 0. The number of nitrogens with zero attached hydrogens (tertiary/aromatic N) is 3. The van der Waals surface area contributed by atoms with E-state index in [1.165, 1.54) is 18.4 Å². The SMILES string of the molecule is CCN(CC)CCCNC(=O)c1ccc2c(c1)sc1nc(-c3ccc(CNC4CC4)cc3)cn12. The van der Waals surface area contributed by atoms with Crippen LogP contribution in [0, 0.1) is 0 Å². The van der Waals surface area contributed by atoms with Crippen LogP contribution < -0.4 is 10.6 Å². The second kappa shape index (κ2) is 10.3. The Balaban J connectivity index is 1.25. The molecular weight excluding hydrogens is 442 g/mol. The van der Waals surface area contributed by atoms with E-state index in [0.29, 0.717) is 12.1 Å². The monoisotopic (exact) mass is 475 g/mol. The second-order valence-electron chi connectivity index (χ2n) is 9.05. The maximum absolute atomic E-state index is 12.6. The van der Waals surface area contributed by atoms with E-state index in [1.807, 2.05) is 18.2 Å². The highest BCUT2D eigenvalue weighted by atomic mass is 32.1. The van der Waals surface area contributed by atoms with E-state index in [9.17, 15) is 4.79 Å². The maximum atomic E-state index is 12.6. The molecule has 1 fully saturated rings. The first-order valence-electron chi connectivity index (χ1n) is 12.4. The minimum atomic E-state index is -0.00978. The molecule has 2 heterocycles. The number of aromatic nitrogens is 2. The van der Waals surface area contributed by atoms with Gasteiger partial charge in [0.15, 0.2) is 4.96 Å². The zero-order chi connectivity index (χ0) is 23.5. The Labute approximate surface area is 205 Å². The topological polar surface area (TPSA) is 61.7 Å². The molecule has 0 radical (unpaired) electrons. The molecule has 4 aromatic rings. The summed E-state index contributed by atoms with van der Waals surface area (Å²) < 4.78 is 3.20. The fourth-order valence-corrected chi connectivity index (χ4v) is 5.32. The van der Waals surface area contributed by atoms with Crippen molar-refractivity contribution in [1.29, 1.82) is 0 Å². The van der Waals surface area contributed by atoms with Crippen LogP contribution in [0.5, 0.6) is 0 Å². The van der Waals surface area contributed by atoms with E-state index in [1.54, 1.807) is 11.3 Å². The number of fused-ring (bicyclic) bond motifs is 3. The number of thiazole rings is 1. The molecule has 1 aliphatic carbocycles. The van der Waals surface area contributed by atoms with Crippen LogP contribution in [-0.4, -0.2) is 52.4 Å². The largest absolute Gasteiger partial charge is 0.352 e. The van der Waals surface area contributed by atoms with Gasteiger partial charge >= 0.3 is 0 Å². The summed E-state index contributed by atoms with van der Waals surface area (Å²) in [6.45, 7) is 9.07. The predicted molar refractivity (Wildman–Crippen MR) is 141 cm³/mol. The van der Waals surface area contributed by atoms with Crippen molar-refractivity contribution in [2.45, 2.75) is 45.7 Å². The smallest absolute Gasteiger partial charge is 0.251 e. The lowest BCUT2D eigenvalue weighted by atomic mass is 10.1. The average molecular weight is 476 g/mol. The zero-order valence-corrected chi connectivity index (χ0v) is 20.8. The fraction of sp³-hybridized carbons (Fsp3) is 0.407. The lowest BCUT2D eigenvalue weighted by Crippen LogP contribution is -2.29. The summed E-state index contributed by atoms with van der Waals surface area (Å²) in [4.78, 5) is 20.8. The molecule has 7 heteroatoms. The van der Waals surface area contributed by atoms with Crippen LogP contribution in [0.1, 0.15) is 49.0 Å². The highest BCUT2D eigenvalue weighted by molar-refractivity contribution is 7.23. The first-order valence-corrected chi connectivity index (χ1v) is 13.2. The second-order valence-corrected chi connectivity index (χ2v) is 10.1. The standard InChI is InChI=1S/C27H33N5OS/c1-3-31(4-2)15-5-14-28-26(33)21-10-13-24-25(16-21)34-27-30-23(18-32(24)27)20-8-6-19(7-9-20)17-29-22-11-12-22/h6-10,13,16,18,22,29H,3-5,11-12,14-15,17H2,1-2H3,(H,28,33). The molecule has 2 aromatic carbocycles. The number of carbonyl (C=O) groups excluding carboxylic acids is 1. The van der Waals surface area contributed by atoms with E-state index in [2.05, 4.69) is 64.2 Å². The summed E-state index contributed by atoms with van der Waals surface area (Å²) in [5, 5.41) is 6.62. The van der Waals surface area contributed by atoms with Crippen LogP contribution in [0.15, 0.2) is 48.7 Å². The van der Waals surface area contributed by atoms with Crippen molar-refractivity contribution in [3.63, 3.8) is 0 Å². The van der Waals surface area contributed by atoms with Crippen LogP contribution in [0.25, 0.3) is 26.4 Å². The van der Waals surface area contributed by atoms with Gasteiger partial charge in [-0.05, 0) is 62.7 Å². The zero-order valence-electron chi connectivity index (χ0n) is 20.0. The van der Waals surface area contributed by atoms with Gasteiger partial charge in [0.2, 0.25) is 0 Å². The highest BCUT2D eigenvalue weighted by Gasteiger charge is 2.20. The van der Waals surface area contributed by atoms with Crippen LogP contribution in [-0.2, 0) is 6.54 Å². The minimum Gasteiger partial charge on any atom is -0.352 e. The molecule has 34 heavy (non-hydrogen) atoms. The van der Waals surface area contributed by atoms with Gasteiger partial charge in [0, 0.05) is 36.5 Å². The van der Waals surface area contributed by atoms with Crippen molar-refractivity contribution in [2.75, 3.05) is 26.2 Å². The maximum Gasteiger partial charge on any atom is 0.251 e. The molecule has 0 unspecified atom stereocenters. The van der Waals surface area contributed by atoms with Gasteiger partial charge in [-0.2, -0.15) is 0 Å². The number of benzene rings is 2. The van der Waals surface area contributed by atoms with Gasteiger partial charge in [-0.1, -0.05) is 49.4 Å². The van der Waals surface area contributed by atoms with Crippen LogP contribution in [0.2, 0.25) is 0 Å². The summed E-state index contributed by atoms with van der Waals surface area (Å²) in [5.74, 6) is -0.00978. The molecule has 178 valence electrons. The molecule has 1 saturated carbocycles. The molecule has 6 nitrogen and oxygen atoms in total. The van der Waals surface area contributed by atoms with Gasteiger partial charge in [-0.25, -0.2) is 4.98 Å². The van der Waals surface area contributed by atoms with Crippen molar-refractivity contribution in [2.24, 2.45) is 0 Å².